The van der Waals surface area contributed by atoms with Crippen LogP contribution in [-0.2, 0) is 17.6 Å². The van der Waals surface area contributed by atoms with Gasteiger partial charge in [0, 0.05) is 35.4 Å². The van der Waals surface area contributed by atoms with Crippen LogP contribution in [0.15, 0.2) is 61.1 Å². The van der Waals surface area contributed by atoms with Gasteiger partial charge < -0.3 is 9.72 Å². The van der Waals surface area contributed by atoms with E-state index in [1.54, 1.807) is 30.6 Å². The third kappa shape index (κ3) is 5.36. The van der Waals surface area contributed by atoms with Crippen molar-refractivity contribution in [2.75, 3.05) is 11.9 Å². The van der Waals surface area contributed by atoms with Gasteiger partial charge in [-0.15, -0.1) is 0 Å². The Kier molecular flexibility index (Phi) is 5.69. The normalized spacial score (nSPS) is 10.4. The van der Waals surface area contributed by atoms with Crippen molar-refractivity contribution in [2.45, 2.75) is 12.8 Å². The first-order valence-electron chi connectivity index (χ1n) is 7.93. The summed E-state index contributed by atoms with van der Waals surface area (Å²) in [5.74, 6) is 0. The van der Waals surface area contributed by atoms with Gasteiger partial charge in [-0.05, 0) is 35.4 Å². The number of H-pyrrole nitrogens is 1. The largest absolute Gasteiger partial charge is 0.449 e. The Balaban J connectivity index is 1.42. The lowest BCUT2D eigenvalue weighted by molar-refractivity contribution is 0.163. The van der Waals surface area contributed by atoms with E-state index in [-0.39, 0.29) is 0 Å². The molecule has 0 atom stereocenters. The molecule has 1 heterocycles. The molecular weight excluding hydrogens is 338 g/mol. The maximum Gasteiger partial charge on any atom is 0.411 e. The first-order valence-corrected chi connectivity index (χ1v) is 8.31. The fraction of sp³-hybridized carbons (Fsp3) is 0.158. The number of aromatic amines is 1. The topological polar surface area (TPSA) is 67.0 Å². The Hall–Kier alpha value is -2.79. The van der Waals surface area contributed by atoms with Crippen molar-refractivity contribution in [2.24, 2.45) is 0 Å². The second-order valence-corrected chi connectivity index (χ2v) is 6.02. The van der Waals surface area contributed by atoms with E-state index in [1.165, 1.54) is 5.56 Å². The lowest BCUT2D eigenvalue weighted by Gasteiger charge is -2.08. The van der Waals surface area contributed by atoms with Crippen molar-refractivity contribution in [1.82, 2.24) is 9.97 Å². The fourth-order valence-electron chi connectivity index (χ4n) is 2.37. The van der Waals surface area contributed by atoms with Crippen LogP contribution in [0, 0.1) is 0 Å². The summed E-state index contributed by atoms with van der Waals surface area (Å²) in [6.07, 6.45) is 4.51. The van der Waals surface area contributed by atoms with Crippen molar-refractivity contribution in [3.8, 4) is 0 Å². The highest BCUT2D eigenvalue weighted by Gasteiger charge is 2.04. The van der Waals surface area contributed by atoms with Crippen LogP contribution in [0.2, 0.25) is 5.02 Å². The van der Waals surface area contributed by atoms with E-state index in [1.807, 2.05) is 18.3 Å². The number of amides is 1. The van der Waals surface area contributed by atoms with Crippen molar-refractivity contribution in [3.05, 3.63) is 82.9 Å². The molecular formula is C19H18ClN3O2. The summed E-state index contributed by atoms with van der Waals surface area (Å²) in [5, 5.41) is 3.28. The number of benzene rings is 2. The standard InChI is InChI=1S/C19H18ClN3O2/c20-16-5-7-17(8-6-16)23-19(24)25-10-9-14-1-3-15(4-2-14)11-18-12-21-13-22-18/h1-8,12-13H,9-11H2,(H,21,22)(H,23,24). The van der Waals surface area contributed by atoms with Gasteiger partial charge in [0.2, 0.25) is 0 Å². The molecule has 6 heteroatoms. The SMILES string of the molecule is O=C(Nc1ccc(Cl)cc1)OCCc1ccc(Cc2cnc[nH]2)cc1. The van der Waals surface area contributed by atoms with E-state index in [4.69, 9.17) is 16.3 Å². The molecule has 2 N–H and O–H groups in total. The number of imidazole rings is 1. The quantitative estimate of drug-likeness (QED) is 0.686. The smallest absolute Gasteiger partial charge is 0.411 e. The lowest BCUT2D eigenvalue weighted by atomic mass is 10.1. The molecule has 0 radical (unpaired) electrons. The molecule has 0 unspecified atom stereocenters. The molecule has 5 nitrogen and oxygen atoms in total. The number of anilines is 1. The highest BCUT2D eigenvalue weighted by Crippen LogP contribution is 2.14. The maximum atomic E-state index is 11.7. The Morgan fingerprint density at radius 3 is 2.48 bits per heavy atom. The number of rotatable bonds is 6. The van der Waals surface area contributed by atoms with Crippen molar-refractivity contribution >= 4 is 23.4 Å². The highest BCUT2D eigenvalue weighted by atomic mass is 35.5. The number of hydrogen-bond acceptors (Lipinski definition) is 3. The van der Waals surface area contributed by atoms with E-state index in [2.05, 4.69) is 27.4 Å². The summed E-state index contributed by atoms with van der Waals surface area (Å²) in [5.41, 5.74) is 4.05. The van der Waals surface area contributed by atoms with Gasteiger partial charge in [0.25, 0.3) is 0 Å². The minimum Gasteiger partial charge on any atom is -0.449 e. The zero-order valence-corrected chi connectivity index (χ0v) is 14.3. The zero-order valence-electron chi connectivity index (χ0n) is 13.5. The second kappa shape index (κ2) is 8.35. The Morgan fingerprint density at radius 1 is 1.08 bits per heavy atom. The van der Waals surface area contributed by atoms with Gasteiger partial charge in [-0.3, -0.25) is 5.32 Å². The van der Waals surface area contributed by atoms with E-state index < -0.39 is 6.09 Å². The number of aromatic nitrogens is 2. The first-order chi connectivity index (χ1) is 12.2. The van der Waals surface area contributed by atoms with Gasteiger partial charge in [-0.25, -0.2) is 9.78 Å². The predicted octanol–water partition coefficient (Wildman–Crippen LogP) is 4.45. The molecule has 0 saturated carbocycles. The first kappa shape index (κ1) is 17.0. The second-order valence-electron chi connectivity index (χ2n) is 5.59. The van der Waals surface area contributed by atoms with Gasteiger partial charge >= 0.3 is 6.09 Å². The van der Waals surface area contributed by atoms with Gasteiger partial charge in [0.05, 0.1) is 12.9 Å². The third-order valence-electron chi connectivity index (χ3n) is 3.69. The van der Waals surface area contributed by atoms with Crippen LogP contribution in [0.3, 0.4) is 0 Å². The lowest BCUT2D eigenvalue weighted by Crippen LogP contribution is -2.15. The van der Waals surface area contributed by atoms with Gasteiger partial charge in [0.15, 0.2) is 0 Å². The highest BCUT2D eigenvalue weighted by molar-refractivity contribution is 6.30. The molecule has 0 fully saturated rings. The van der Waals surface area contributed by atoms with Crippen LogP contribution in [0.5, 0.6) is 0 Å². The number of nitrogens with zero attached hydrogens (tertiary/aromatic N) is 1. The van der Waals surface area contributed by atoms with E-state index >= 15 is 0 Å². The van der Waals surface area contributed by atoms with Crippen LogP contribution < -0.4 is 5.32 Å². The Bertz CT molecular complexity index is 800. The number of carbonyl (C=O) groups is 1. The number of nitrogens with one attached hydrogen (secondary N) is 2. The van der Waals surface area contributed by atoms with Crippen LogP contribution in [0.25, 0.3) is 0 Å². The summed E-state index contributed by atoms with van der Waals surface area (Å²) in [4.78, 5) is 18.8. The predicted molar refractivity (Wildman–Crippen MR) is 98.0 cm³/mol. The maximum absolute atomic E-state index is 11.7. The summed E-state index contributed by atoms with van der Waals surface area (Å²) < 4.78 is 5.20. The van der Waals surface area contributed by atoms with Crippen LogP contribution >= 0.6 is 11.6 Å². The van der Waals surface area contributed by atoms with Crippen molar-refractivity contribution in [3.63, 3.8) is 0 Å². The van der Waals surface area contributed by atoms with Gasteiger partial charge in [-0.2, -0.15) is 0 Å². The molecule has 0 bridgehead atoms. The van der Waals surface area contributed by atoms with E-state index in [0.29, 0.717) is 23.7 Å². The average Bonchev–Trinajstić information content (AvgIpc) is 3.12. The monoisotopic (exact) mass is 355 g/mol. The fourth-order valence-corrected chi connectivity index (χ4v) is 2.50. The molecule has 2 aromatic carbocycles. The molecule has 0 saturated heterocycles. The number of ether oxygens (including phenoxy) is 1. The summed E-state index contributed by atoms with van der Waals surface area (Å²) in [6.45, 7) is 0.319. The summed E-state index contributed by atoms with van der Waals surface area (Å²) >= 11 is 5.80. The van der Waals surface area contributed by atoms with E-state index in [0.717, 1.165) is 17.7 Å². The molecule has 25 heavy (non-hydrogen) atoms. The molecule has 0 aliphatic heterocycles. The molecule has 3 rings (SSSR count). The van der Waals surface area contributed by atoms with Crippen LogP contribution in [0.1, 0.15) is 16.8 Å². The van der Waals surface area contributed by atoms with Crippen LogP contribution in [0.4, 0.5) is 10.5 Å². The Morgan fingerprint density at radius 2 is 1.80 bits per heavy atom. The number of carbonyl (C=O) groups excluding carboxylic acids is 1. The van der Waals surface area contributed by atoms with Gasteiger partial charge in [0.1, 0.15) is 0 Å². The third-order valence-corrected chi connectivity index (χ3v) is 3.94. The molecule has 0 aliphatic rings. The van der Waals surface area contributed by atoms with Crippen LogP contribution in [-0.4, -0.2) is 22.7 Å². The van der Waals surface area contributed by atoms with Crippen molar-refractivity contribution < 1.29 is 9.53 Å². The molecule has 128 valence electrons. The summed E-state index contributed by atoms with van der Waals surface area (Å²) in [6, 6.07) is 15.1. The van der Waals surface area contributed by atoms with E-state index in [9.17, 15) is 4.79 Å². The summed E-state index contributed by atoms with van der Waals surface area (Å²) in [7, 11) is 0. The zero-order chi connectivity index (χ0) is 17.5. The van der Waals surface area contributed by atoms with Gasteiger partial charge in [-0.1, -0.05) is 35.9 Å². The van der Waals surface area contributed by atoms with Crippen molar-refractivity contribution in [1.29, 1.82) is 0 Å². The molecule has 0 aliphatic carbocycles. The number of hydrogen-bond donors (Lipinski definition) is 2. The molecule has 0 spiro atoms. The Labute approximate surface area is 151 Å². The molecule has 1 amide bonds. The minimum atomic E-state index is -0.474. The minimum absolute atomic E-state index is 0.319. The molecule has 1 aromatic heterocycles. The number of halogens is 1. The average molecular weight is 356 g/mol. The molecule has 3 aromatic rings.